The number of rotatable bonds is 7. The molecule has 0 fully saturated rings. The van der Waals surface area contributed by atoms with E-state index in [4.69, 9.17) is 21.1 Å². The second-order valence-corrected chi connectivity index (χ2v) is 4.99. The maximum absolute atomic E-state index is 11.9. The molecule has 1 atom stereocenters. The van der Waals surface area contributed by atoms with Crippen molar-refractivity contribution in [2.24, 2.45) is 0 Å². The molecule has 0 aliphatic carbocycles. The molecule has 0 saturated heterocycles. The molecule has 0 aliphatic heterocycles. The minimum Gasteiger partial charge on any atom is -0.496 e. The van der Waals surface area contributed by atoms with Crippen LogP contribution in [0.5, 0.6) is 5.75 Å². The first-order valence-electron chi connectivity index (χ1n) is 6.77. The van der Waals surface area contributed by atoms with E-state index in [1.807, 2.05) is 6.92 Å². The summed E-state index contributed by atoms with van der Waals surface area (Å²) in [6.07, 6.45) is -0.00410. The van der Waals surface area contributed by atoms with Crippen LogP contribution in [0.15, 0.2) is 18.2 Å². The van der Waals surface area contributed by atoms with Crippen LogP contribution in [0, 0.1) is 0 Å². The first kappa shape index (κ1) is 17.3. The lowest BCUT2D eigenvalue weighted by Gasteiger charge is -2.14. The molecule has 0 radical (unpaired) electrons. The average molecular weight is 314 g/mol. The molecule has 1 aromatic carbocycles. The molecule has 116 valence electrons. The molecule has 1 N–H and O–H groups in total. The summed E-state index contributed by atoms with van der Waals surface area (Å²) in [5, 5.41) is 3.18. The highest BCUT2D eigenvalue weighted by Crippen LogP contribution is 2.23. The molecule has 1 aromatic rings. The fourth-order valence-corrected chi connectivity index (χ4v) is 1.92. The number of nitrogens with one attached hydrogen (secondary N) is 1. The van der Waals surface area contributed by atoms with Crippen LogP contribution in [0.2, 0.25) is 5.02 Å². The second-order valence-electron chi connectivity index (χ2n) is 4.56. The highest BCUT2D eigenvalue weighted by Gasteiger charge is 2.18. The Morgan fingerprint density at radius 3 is 2.71 bits per heavy atom. The molecule has 0 unspecified atom stereocenters. The Hall–Kier alpha value is -1.75. The van der Waals surface area contributed by atoms with Crippen molar-refractivity contribution < 1.29 is 19.1 Å². The van der Waals surface area contributed by atoms with Crippen molar-refractivity contribution in [3.8, 4) is 5.75 Å². The van der Waals surface area contributed by atoms with Crippen LogP contribution >= 0.6 is 11.6 Å². The summed E-state index contributed by atoms with van der Waals surface area (Å²) in [6.45, 7) is 4.04. The first-order valence-corrected chi connectivity index (χ1v) is 7.15. The van der Waals surface area contributed by atoms with Crippen molar-refractivity contribution in [2.45, 2.75) is 32.8 Å². The van der Waals surface area contributed by atoms with Gasteiger partial charge in [-0.15, -0.1) is 0 Å². The fraction of sp³-hybridized carbons (Fsp3) is 0.467. The van der Waals surface area contributed by atoms with Gasteiger partial charge in [0, 0.05) is 17.1 Å². The highest BCUT2D eigenvalue weighted by molar-refractivity contribution is 6.30. The Morgan fingerprint density at radius 1 is 1.38 bits per heavy atom. The van der Waals surface area contributed by atoms with E-state index in [-0.39, 0.29) is 12.3 Å². The third-order valence-corrected chi connectivity index (χ3v) is 3.04. The van der Waals surface area contributed by atoms with Crippen LogP contribution in [0.3, 0.4) is 0 Å². The molecular weight excluding hydrogens is 294 g/mol. The van der Waals surface area contributed by atoms with Crippen LogP contribution in [0.1, 0.15) is 25.8 Å². The van der Waals surface area contributed by atoms with Crippen molar-refractivity contribution in [2.75, 3.05) is 13.7 Å². The van der Waals surface area contributed by atoms with E-state index in [9.17, 15) is 9.59 Å². The van der Waals surface area contributed by atoms with E-state index in [0.717, 1.165) is 6.42 Å². The number of carbonyl (C=O) groups excluding carboxylic acids is 2. The Bertz CT molecular complexity index is 504. The van der Waals surface area contributed by atoms with Gasteiger partial charge in [0.15, 0.2) is 6.10 Å². The summed E-state index contributed by atoms with van der Waals surface area (Å²) in [5.41, 5.74) is 0.621. The van der Waals surface area contributed by atoms with Gasteiger partial charge in [0.2, 0.25) is 0 Å². The average Bonchev–Trinajstić information content (AvgIpc) is 2.44. The van der Waals surface area contributed by atoms with Gasteiger partial charge >= 0.3 is 5.97 Å². The van der Waals surface area contributed by atoms with Crippen molar-refractivity contribution in [3.05, 3.63) is 28.8 Å². The lowest BCUT2D eigenvalue weighted by Crippen LogP contribution is -2.36. The van der Waals surface area contributed by atoms with Crippen LogP contribution in [-0.2, 0) is 20.7 Å². The number of hydrogen-bond acceptors (Lipinski definition) is 4. The minimum absolute atomic E-state index is 0.00483. The smallest absolute Gasteiger partial charge is 0.311 e. The zero-order valence-electron chi connectivity index (χ0n) is 12.4. The van der Waals surface area contributed by atoms with E-state index in [2.05, 4.69) is 5.32 Å². The zero-order valence-corrected chi connectivity index (χ0v) is 13.2. The minimum atomic E-state index is -0.825. The van der Waals surface area contributed by atoms with Gasteiger partial charge in [-0.1, -0.05) is 18.5 Å². The number of carbonyl (C=O) groups is 2. The Kier molecular flexibility index (Phi) is 7.02. The predicted octanol–water partition coefficient (Wildman–Crippen LogP) is 2.35. The fourth-order valence-electron chi connectivity index (χ4n) is 1.73. The van der Waals surface area contributed by atoms with Crippen molar-refractivity contribution >= 4 is 23.5 Å². The van der Waals surface area contributed by atoms with E-state index in [1.165, 1.54) is 14.0 Å². The number of methoxy groups -OCH3 is 1. The number of benzene rings is 1. The zero-order chi connectivity index (χ0) is 15.8. The van der Waals surface area contributed by atoms with Gasteiger partial charge in [0.25, 0.3) is 5.91 Å². The molecule has 0 saturated carbocycles. The summed E-state index contributed by atoms with van der Waals surface area (Å²) in [7, 11) is 1.51. The summed E-state index contributed by atoms with van der Waals surface area (Å²) < 4.78 is 10.3. The largest absolute Gasteiger partial charge is 0.496 e. The topological polar surface area (TPSA) is 64.6 Å². The number of halogens is 1. The Morgan fingerprint density at radius 2 is 2.10 bits per heavy atom. The molecule has 1 amide bonds. The molecule has 1 rings (SSSR count). The summed E-state index contributed by atoms with van der Waals surface area (Å²) in [4.78, 5) is 23.5. The van der Waals surface area contributed by atoms with Crippen molar-refractivity contribution in [1.82, 2.24) is 5.32 Å². The van der Waals surface area contributed by atoms with Crippen LogP contribution in [-0.4, -0.2) is 31.6 Å². The standard InChI is InChI=1S/C15H20ClNO4/c1-4-7-17-15(19)10(2)21-14(18)9-11-8-12(16)5-6-13(11)20-3/h5-6,8,10H,4,7,9H2,1-3H3,(H,17,19)/t10-/m1/s1. The molecular formula is C15H20ClNO4. The first-order chi connectivity index (χ1) is 9.97. The number of esters is 1. The molecule has 5 nitrogen and oxygen atoms in total. The maximum atomic E-state index is 11.9. The molecule has 0 bridgehead atoms. The molecule has 6 heteroatoms. The Balaban J connectivity index is 2.61. The van der Waals surface area contributed by atoms with Gasteiger partial charge in [-0.2, -0.15) is 0 Å². The SMILES string of the molecule is CCCNC(=O)[C@@H](C)OC(=O)Cc1cc(Cl)ccc1OC. The molecule has 0 heterocycles. The lowest BCUT2D eigenvalue weighted by molar-refractivity contribution is -0.154. The van der Waals surface area contributed by atoms with Gasteiger partial charge < -0.3 is 14.8 Å². The van der Waals surface area contributed by atoms with Crippen molar-refractivity contribution in [1.29, 1.82) is 0 Å². The van der Waals surface area contributed by atoms with E-state index < -0.39 is 12.1 Å². The van der Waals surface area contributed by atoms with Gasteiger partial charge in [-0.05, 0) is 31.5 Å². The van der Waals surface area contributed by atoms with Crippen molar-refractivity contribution in [3.63, 3.8) is 0 Å². The van der Waals surface area contributed by atoms with Gasteiger partial charge in [0.1, 0.15) is 5.75 Å². The lowest BCUT2D eigenvalue weighted by atomic mass is 10.1. The second kappa shape index (κ2) is 8.52. The van der Waals surface area contributed by atoms with Crippen LogP contribution in [0.25, 0.3) is 0 Å². The van der Waals surface area contributed by atoms with E-state index in [1.54, 1.807) is 18.2 Å². The monoisotopic (exact) mass is 313 g/mol. The van der Waals surface area contributed by atoms with Gasteiger partial charge in [0.05, 0.1) is 13.5 Å². The molecule has 0 spiro atoms. The number of hydrogen-bond donors (Lipinski definition) is 1. The summed E-state index contributed by atoms with van der Waals surface area (Å²) in [6, 6.07) is 5.00. The van der Waals surface area contributed by atoms with E-state index >= 15 is 0 Å². The molecule has 0 aliphatic rings. The third kappa shape index (κ3) is 5.63. The maximum Gasteiger partial charge on any atom is 0.311 e. The summed E-state index contributed by atoms with van der Waals surface area (Å²) >= 11 is 5.90. The Labute approximate surface area is 129 Å². The van der Waals surface area contributed by atoms with E-state index in [0.29, 0.717) is 22.9 Å². The third-order valence-electron chi connectivity index (χ3n) is 2.80. The van der Waals surface area contributed by atoms with Crippen LogP contribution < -0.4 is 10.1 Å². The predicted molar refractivity (Wildman–Crippen MR) is 80.6 cm³/mol. The number of amides is 1. The number of ether oxygens (including phenoxy) is 2. The van der Waals surface area contributed by atoms with Crippen LogP contribution in [0.4, 0.5) is 0 Å². The van der Waals surface area contributed by atoms with Gasteiger partial charge in [-0.3, -0.25) is 9.59 Å². The molecule has 0 aromatic heterocycles. The molecule has 21 heavy (non-hydrogen) atoms. The highest BCUT2D eigenvalue weighted by atomic mass is 35.5. The van der Waals surface area contributed by atoms with Gasteiger partial charge in [-0.25, -0.2) is 0 Å². The quantitative estimate of drug-likeness (QED) is 0.785. The summed E-state index contributed by atoms with van der Waals surface area (Å²) in [5.74, 6) is -0.252. The normalized spacial score (nSPS) is 11.6.